The predicted molar refractivity (Wildman–Crippen MR) is 64.0 cm³/mol. The van der Waals surface area contributed by atoms with Gasteiger partial charge in [-0.2, -0.15) is 0 Å². The molecule has 1 aliphatic rings. The van der Waals surface area contributed by atoms with Crippen LogP contribution in [0.25, 0.3) is 11.3 Å². The van der Waals surface area contributed by atoms with Crippen LogP contribution in [-0.2, 0) is 13.0 Å². The maximum Gasteiger partial charge on any atom is 0.119 e. The van der Waals surface area contributed by atoms with Crippen molar-refractivity contribution in [1.82, 2.24) is 4.98 Å². The van der Waals surface area contributed by atoms with E-state index in [1.165, 1.54) is 16.0 Å². The molecule has 0 atom stereocenters. The highest BCUT2D eigenvalue weighted by Gasteiger charge is 2.24. The second-order valence-corrected chi connectivity index (χ2v) is 5.50. The normalized spacial score (nSPS) is 12.7. The van der Waals surface area contributed by atoms with Crippen LogP contribution in [0.4, 0.5) is 0 Å². The molecule has 0 saturated carbocycles. The standard InChI is InChI=1S/C11H8BrNOS/c12-8-3-1-2-6-7(8)4-9-11(6)13-10(5-14)15-9/h1-3,14H,4-5H2. The number of benzene rings is 1. The van der Waals surface area contributed by atoms with Crippen molar-refractivity contribution in [3.05, 3.63) is 38.1 Å². The number of aliphatic hydroxyl groups is 1. The number of hydrogen-bond donors (Lipinski definition) is 1. The van der Waals surface area contributed by atoms with Crippen molar-refractivity contribution in [2.45, 2.75) is 13.0 Å². The smallest absolute Gasteiger partial charge is 0.119 e. The lowest BCUT2D eigenvalue weighted by atomic mass is 10.1. The molecule has 0 unspecified atom stereocenters. The predicted octanol–water partition coefficient (Wildman–Crippen LogP) is 2.97. The Morgan fingerprint density at radius 2 is 2.33 bits per heavy atom. The van der Waals surface area contributed by atoms with E-state index in [9.17, 15) is 0 Å². The fourth-order valence-electron chi connectivity index (χ4n) is 1.92. The number of hydrogen-bond acceptors (Lipinski definition) is 3. The van der Waals surface area contributed by atoms with E-state index >= 15 is 0 Å². The van der Waals surface area contributed by atoms with E-state index in [1.54, 1.807) is 11.3 Å². The number of rotatable bonds is 1. The zero-order valence-electron chi connectivity index (χ0n) is 7.83. The van der Waals surface area contributed by atoms with E-state index < -0.39 is 0 Å². The van der Waals surface area contributed by atoms with Crippen molar-refractivity contribution in [2.75, 3.05) is 0 Å². The summed E-state index contributed by atoms with van der Waals surface area (Å²) < 4.78 is 1.15. The van der Waals surface area contributed by atoms with Gasteiger partial charge in [-0.15, -0.1) is 11.3 Å². The molecule has 76 valence electrons. The van der Waals surface area contributed by atoms with E-state index in [0.717, 1.165) is 21.6 Å². The zero-order valence-corrected chi connectivity index (χ0v) is 10.2. The molecule has 2 aromatic rings. The van der Waals surface area contributed by atoms with Gasteiger partial charge in [0, 0.05) is 21.3 Å². The molecule has 0 saturated heterocycles. The minimum atomic E-state index is 0.0427. The molecule has 0 bridgehead atoms. The van der Waals surface area contributed by atoms with E-state index in [1.807, 2.05) is 6.07 Å². The van der Waals surface area contributed by atoms with Gasteiger partial charge in [-0.3, -0.25) is 0 Å². The second kappa shape index (κ2) is 3.40. The molecule has 15 heavy (non-hydrogen) atoms. The van der Waals surface area contributed by atoms with Crippen LogP contribution in [0, 0.1) is 0 Å². The largest absolute Gasteiger partial charge is 0.389 e. The third-order valence-corrected chi connectivity index (χ3v) is 4.37. The lowest BCUT2D eigenvalue weighted by Gasteiger charge is -2.00. The Morgan fingerprint density at radius 3 is 3.13 bits per heavy atom. The SMILES string of the molecule is OCc1nc2c(s1)Cc1c(Br)cccc1-2. The van der Waals surface area contributed by atoms with Gasteiger partial charge < -0.3 is 5.11 Å². The fraction of sp³-hybridized carbons (Fsp3) is 0.182. The first-order valence-corrected chi connectivity index (χ1v) is 6.27. The van der Waals surface area contributed by atoms with Crippen LogP contribution < -0.4 is 0 Å². The fourth-order valence-corrected chi connectivity index (χ4v) is 3.38. The van der Waals surface area contributed by atoms with Crippen molar-refractivity contribution < 1.29 is 5.11 Å². The molecule has 0 spiro atoms. The van der Waals surface area contributed by atoms with Crippen LogP contribution in [0.5, 0.6) is 0 Å². The molecule has 0 fully saturated rings. The zero-order chi connectivity index (χ0) is 10.4. The summed E-state index contributed by atoms with van der Waals surface area (Å²) in [6.07, 6.45) is 0.934. The molecule has 0 amide bonds. The van der Waals surface area contributed by atoms with Crippen LogP contribution in [0.15, 0.2) is 22.7 Å². The number of halogens is 1. The van der Waals surface area contributed by atoms with Crippen LogP contribution in [0.2, 0.25) is 0 Å². The van der Waals surface area contributed by atoms with E-state index in [4.69, 9.17) is 5.11 Å². The third kappa shape index (κ3) is 1.36. The molecule has 3 rings (SSSR count). The van der Waals surface area contributed by atoms with E-state index in [2.05, 4.69) is 33.0 Å². The summed E-state index contributed by atoms with van der Waals surface area (Å²) >= 11 is 5.16. The Hall–Kier alpha value is -0.710. The summed E-state index contributed by atoms with van der Waals surface area (Å²) in [6, 6.07) is 6.17. The Labute approximate surface area is 99.7 Å². The highest BCUT2D eigenvalue weighted by atomic mass is 79.9. The molecule has 1 aliphatic carbocycles. The first-order valence-electron chi connectivity index (χ1n) is 4.67. The van der Waals surface area contributed by atoms with Crippen LogP contribution >= 0.6 is 27.3 Å². The van der Waals surface area contributed by atoms with E-state index in [-0.39, 0.29) is 6.61 Å². The number of fused-ring (bicyclic) bond motifs is 3. The average Bonchev–Trinajstić information content (AvgIpc) is 2.76. The molecular weight excluding hydrogens is 274 g/mol. The molecule has 1 aromatic carbocycles. The first kappa shape index (κ1) is 9.51. The van der Waals surface area contributed by atoms with Crippen LogP contribution in [-0.4, -0.2) is 10.1 Å². The number of aliphatic hydroxyl groups excluding tert-OH is 1. The first-order chi connectivity index (χ1) is 7.29. The van der Waals surface area contributed by atoms with Gasteiger partial charge in [0.25, 0.3) is 0 Å². The summed E-state index contributed by atoms with van der Waals surface area (Å²) in [5.74, 6) is 0. The van der Waals surface area contributed by atoms with Crippen LogP contribution in [0.1, 0.15) is 15.4 Å². The molecule has 0 aliphatic heterocycles. The number of nitrogens with zero attached hydrogens (tertiary/aromatic N) is 1. The molecule has 2 nitrogen and oxygen atoms in total. The maximum atomic E-state index is 9.04. The van der Waals surface area contributed by atoms with Gasteiger partial charge in [0.15, 0.2) is 0 Å². The molecule has 4 heteroatoms. The monoisotopic (exact) mass is 281 g/mol. The molecular formula is C11H8BrNOS. The van der Waals surface area contributed by atoms with Crippen molar-refractivity contribution in [3.8, 4) is 11.3 Å². The summed E-state index contributed by atoms with van der Waals surface area (Å²) in [4.78, 5) is 5.70. The topological polar surface area (TPSA) is 33.1 Å². The maximum absolute atomic E-state index is 9.04. The minimum absolute atomic E-state index is 0.0427. The Kier molecular flexibility index (Phi) is 2.16. The third-order valence-electron chi connectivity index (χ3n) is 2.59. The number of aromatic nitrogens is 1. The highest BCUT2D eigenvalue weighted by molar-refractivity contribution is 9.10. The van der Waals surface area contributed by atoms with Crippen molar-refractivity contribution >= 4 is 27.3 Å². The quantitative estimate of drug-likeness (QED) is 0.744. The lowest BCUT2D eigenvalue weighted by Crippen LogP contribution is -1.85. The van der Waals surface area contributed by atoms with Crippen molar-refractivity contribution in [1.29, 1.82) is 0 Å². The minimum Gasteiger partial charge on any atom is -0.389 e. The van der Waals surface area contributed by atoms with Crippen LogP contribution in [0.3, 0.4) is 0 Å². The summed E-state index contributed by atoms with van der Waals surface area (Å²) in [5.41, 5.74) is 3.58. The molecule has 1 N–H and O–H groups in total. The Balaban J connectivity index is 2.21. The van der Waals surface area contributed by atoms with Gasteiger partial charge >= 0.3 is 0 Å². The van der Waals surface area contributed by atoms with Gasteiger partial charge in [0.2, 0.25) is 0 Å². The van der Waals surface area contributed by atoms with Gasteiger partial charge in [-0.25, -0.2) is 4.98 Å². The van der Waals surface area contributed by atoms with Gasteiger partial charge in [0.05, 0.1) is 12.3 Å². The highest BCUT2D eigenvalue weighted by Crippen LogP contribution is 2.42. The molecule has 1 heterocycles. The summed E-state index contributed by atoms with van der Waals surface area (Å²) in [5, 5.41) is 9.85. The number of thiazole rings is 1. The second-order valence-electron chi connectivity index (χ2n) is 3.48. The van der Waals surface area contributed by atoms with Gasteiger partial charge in [-0.1, -0.05) is 28.1 Å². The van der Waals surface area contributed by atoms with Gasteiger partial charge in [-0.05, 0) is 11.6 Å². The average molecular weight is 282 g/mol. The summed E-state index contributed by atoms with van der Waals surface area (Å²) in [6.45, 7) is 0.0427. The molecule has 1 aromatic heterocycles. The van der Waals surface area contributed by atoms with Crippen molar-refractivity contribution in [3.63, 3.8) is 0 Å². The molecule has 0 radical (unpaired) electrons. The Bertz CT molecular complexity index is 535. The van der Waals surface area contributed by atoms with Gasteiger partial charge in [0.1, 0.15) is 5.01 Å². The Morgan fingerprint density at radius 1 is 1.47 bits per heavy atom. The summed E-state index contributed by atoms with van der Waals surface area (Å²) in [7, 11) is 0. The van der Waals surface area contributed by atoms with E-state index in [0.29, 0.717) is 0 Å². The van der Waals surface area contributed by atoms with Crippen molar-refractivity contribution in [2.24, 2.45) is 0 Å². The lowest BCUT2D eigenvalue weighted by molar-refractivity contribution is 0.281.